The van der Waals surface area contributed by atoms with Gasteiger partial charge in [0.15, 0.2) is 5.65 Å². The molecule has 1 aromatic carbocycles. The highest BCUT2D eigenvalue weighted by molar-refractivity contribution is 7.10. The summed E-state index contributed by atoms with van der Waals surface area (Å²) in [5.41, 5.74) is 4.71. The molecule has 8 heteroatoms. The maximum Gasteiger partial charge on any atom is 0.243 e. The minimum Gasteiger partial charge on any atom is -0.361 e. The van der Waals surface area contributed by atoms with Crippen LogP contribution in [-0.2, 0) is 0 Å². The maximum absolute atomic E-state index is 13.6. The number of anilines is 2. The van der Waals surface area contributed by atoms with Gasteiger partial charge in [-0.05, 0) is 91.5 Å². The third-order valence-electron chi connectivity index (χ3n) is 6.90. The molecule has 3 atom stereocenters. The van der Waals surface area contributed by atoms with Crippen LogP contribution in [0.3, 0.4) is 0 Å². The van der Waals surface area contributed by atoms with E-state index in [1.54, 1.807) is 17.6 Å². The molecule has 0 amide bonds. The second kappa shape index (κ2) is 7.55. The van der Waals surface area contributed by atoms with E-state index >= 15 is 0 Å². The van der Waals surface area contributed by atoms with Gasteiger partial charge in [0.2, 0.25) is 5.95 Å². The zero-order valence-corrected chi connectivity index (χ0v) is 18.9. The van der Waals surface area contributed by atoms with Crippen LogP contribution in [0.4, 0.5) is 15.3 Å². The van der Waals surface area contributed by atoms with E-state index < -0.39 is 0 Å². The highest BCUT2D eigenvalue weighted by atomic mass is 32.1. The molecule has 4 heterocycles. The van der Waals surface area contributed by atoms with E-state index in [9.17, 15) is 4.39 Å². The highest BCUT2D eigenvalue weighted by Gasteiger charge is 2.43. The van der Waals surface area contributed by atoms with Crippen LogP contribution in [0.15, 0.2) is 42.6 Å². The Bertz CT molecular complexity index is 1280. The van der Waals surface area contributed by atoms with Crippen molar-refractivity contribution < 1.29 is 4.39 Å². The first-order valence-corrected chi connectivity index (χ1v) is 11.9. The fourth-order valence-electron chi connectivity index (χ4n) is 5.39. The van der Waals surface area contributed by atoms with Crippen LogP contribution < -0.4 is 10.2 Å². The predicted octanol–water partition coefficient (Wildman–Crippen LogP) is 4.94. The molecule has 164 valence electrons. The second-order valence-corrected chi connectivity index (χ2v) is 9.85. The van der Waals surface area contributed by atoms with Crippen LogP contribution in [-0.4, -0.2) is 38.1 Å². The molecule has 3 aromatic heterocycles. The molecule has 0 radical (unpaired) electrons. The highest BCUT2D eigenvalue weighted by Crippen LogP contribution is 2.41. The van der Waals surface area contributed by atoms with Crippen molar-refractivity contribution in [2.45, 2.75) is 32.7 Å². The van der Waals surface area contributed by atoms with Gasteiger partial charge in [-0.15, -0.1) is 5.10 Å². The van der Waals surface area contributed by atoms with E-state index in [1.165, 1.54) is 23.9 Å². The van der Waals surface area contributed by atoms with Gasteiger partial charge >= 0.3 is 0 Å². The van der Waals surface area contributed by atoms with Crippen molar-refractivity contribution in [3.8, 4) is 11.1 Å². The fraction of sp³-hybridized carbons (Fsp3) is 0.375. The molecule has 2 fully saturated rings. The molecule has 1 saturated carbocycles. The third kappa shape index (κ3) is 3.33. The molecule has 4 aromatic rings. The van der Waals surface area contributed by atoms with Gasteiger partial charge < -0.3 is 10.2 Å². The number of halogens is 1. The van der Waals surface area contributed by atoms with Crippen LogP contribution in [0.1, 0.15) is 24.1 Å². The van der Waals surface area contributed by atoms with E-state index in [0.29, 0.717) is 23.8 Å². The standard InChI is InChI=1S/C24H25FN6S/c1-14-10-18(25)7-8-19(14)20-4-3-9-31-23(20)27-24(28-31)26-22-16-5-6-17(22)13-30(12-16)21-11-15(2)29-32-21/h3-4,7-11,16-17,22H,5-6,12-13H2,1-2H3,(H,26,28)/t16-,17+,22?. The molecular formula is C24H25FN6S. The van der Waals surface area contributed by atoms with Gasteiger partial charge in [-0.1, -0.05) is 6.07 Å². The van der Waals surface area contributed by atoms with Crippen molar-refractivity contribution in [2.75, 3.05) is 23.3 Å². The van der Waals surface area contributed by atoms with Gasteiger partial charge in [0.05, 0.1) is 5.69 Å². The molecule has 6 rings (SSSR count). The Balaban J connectivity index is 1.27. The van der Waals surface area contributed by atoms with Crippen molar-refractivity contribution in [3.05, 3.63) is 59.7 Å². The first kappa shape index (κ1) is 19.7. The van der Waals surface area contributed by atoms with Crippen LogP contribution in [0.5, 0.6) is 0 Å². The molecule has 1 aliphatic heterocycles. The summed E-state index contributed by atoms with van der Waals surface area (Å²) in [6.07, 6.45) is 4.37. The number of hydrogen-bond donors (Lipinski definition) is 1. The molecule has 32 heavy (non-hydrogen) atoms. The zero-order valence-electron chi connectivity index (χ0n) is 18.1. The Morgan fingerprint density at radius 3 is 2.59 bits per heavy atom. The summed E-state index contributed by atoms with van der Waals surface area (Å²) in [5, 5.41) is 9.67. The Kier molecular flexibility index (Phi) is 4.64. The average Bonchev–Trinajstić information content (AvgIpc) is 3.44. The number of fused-ring (bicyclic) bond motifs is 3. The number of benzene rings is 1. The van der Waals surface area contributed by atoms with E-state index in [2.05, 4.69) is 27.6 Å². The van der Waals surface area contributed by atoms with Crippen LogP contribution in [0.25, 0.3) is 16.8 Å². The number of hydrogen-bond acceptors (Lipinski definition) is 6. The third-order valence-corrected chi connectivity index (χ3v) is 7.84. The molecule has 2 bridgehead atoms. The summed E-state index contributed by atoms with van der Waals surface area (Å²) < 4.78 is 19.9. The molecule has 6 nitrogen and oxygen atoms in total. The van der Waals surface area contributed by atoms with Crippen LogP contribution in [0, 0.1) is 31.5 Å². The van der Waals surface area contributed by atoms with Gasteiger partial charge in [-0.2, -0.15) is 9.36 Å². The van der Waals surface area contributed by atoms with Crippen molar-refractivity contribution in [1.29, 1.82) is 0 Å². The number of piperidine rings is 1. The van der Waals surface area contributed by atoms with Crippen molar-refractivity contribution >= 4 is 28.1 Å². The van der Waals surface area contributed by atoms with Gasteiger partial charge in [0.1, 0.15) is 10.8 Å². The second-order valence-electron chi connectivity index (χ2n) is 9.06. The first-order valence-electron chi connectivity index (χ1n) is 11.1. The van der Waals surface area contributed by atoms with E-state index in [4.69, 9.17) is 10.1 Å². The summed E-state index contributed by atoms with van der Waals surface area (Å²) in [6, 6.07) is 11.4. The minimum atomic E-state index is -0.225. The summed E-state index contributed by atoms with van der Waals surface area (Å²) in [6.45, 7) is 6.07. The van der Waals surface area contributed by atoms with E-state index in [1.807, 2.05) is 35.8 Å². The minimum absolute atomic E-state index is 0.225. The van der Waals surface area contributed by atoms with Crippen LogP contribution >= 0.6 is 11.5 Å². The van der Waals surface area contributed by atoms with Crippen LogP contribution in [0.2, 0.25) is 0 Å². The van der Waals surface area contributed by atoms with E-state index in [0.717, 1.165) is 41.1 Å². The van der Waals surface area contributed by atoms with Crippen molar-refractivity contribution in [1.82, 2.24) is 19.0 Å². The summed E-state index contributed by atoms with van der Waals surface area (Å²) >= 11 is 1.60. The molecule has 0 spiro atoms. The lowest BCUT2D eigenvalue weighted by atomic mass is 9.92. The molecule has 1 unspecified atom stereocenters. The Labute approximate surface area is 190 Å². The Morgan fingerprint density at radius 1 is 1.06 bits per heavy atom. The number of aryl methyl sites for hydroxylation is 2. The van der Waals surface area contributed by atoms with Gasteiger partial charge in [-0.25, -0.2) is 8.91 Å². The Morgan fingerprint density at radius 2 is 1.88 bits per heavy atom. The van der Waals surface area contributed by atoms with E-state index in [-0.39, 0.29) is 5.82 Å². The van der Waals surface area contributed by atoms with Gasteiger partial charge in [0, 0.05) is 30.9 Å². The van der Waals surface area contributed by atoms with Crippen molar-refractivity contribution in [3.63, 3.8) is 0 Å². The van der Waals surface area contributed by atoms with Gasteiger partial charge in [0.25, 0.3) is 0 Å². The zero-order chi connectivity index (χ0) is 21.8. The SMILES string of the molecule is Cc1cc(N2C[C@H]3CC[C@@H](C2)C3Nc2nc3c(-c4ccc(F)cc4C)cccn3n2)sn1. The molecule has 1 N–H and O–H groups in total. The number of nitrogens with zero attached hydrogens (tertiary/aromatic N) is 5. The lowest BCUT2D eigenvalue weighted by Crippen LogP contribution is -2.48. The maximum atomic E-state index is 13.6. The lowest BCUT2D eigenvalue weighted by molar-refractivity contribution is 0.377. The molecule has 1 aliphatic carbocycles. The largest absolute Gasteiger partial charge is 0.361 e. The number of nitrogens with one attached hydrogen (secondary N) is 1. The topological polar surface area (TPSA) is 58.4 Å². The quantitative estimate of drug-likeness (QED) is 0.479. The lowest BCUT2D eigenvalue weighted by Gasteiger charge is -2.38. The molecular weight excluding hydrogens is 423 g/mol. The first-order chi connectivity index (χ1) is 15.5. The Hall–Kier alpha value is -3.00. The smallest absolute Gasteiger partial charge is 0.243 e. The van der Waals surface area contributed by atoms with Crippen molar-refractivity contribution in [2.24, 2.45) is 11.8 Å². The number of aromatic nitrogens is 4. The summed E-state index contributed by atoms with van der Waals surface area (Å²) in [7, 11) is 0. The predicted molar refractivity (Wildman–Crippen MR) is 126 cm³/mol. The normalized spacial score (nSPS) is 22.6. The monoisotopic (exact) mass is 448 g/mol. The number of rotatable bonds is 4. The molecule has 2 aliphatic rings. The van der Waals surface area contributed by atoms with Gasteiger partial charge in [-0.3, -0.25) is 0 Å². The average molecular weight is 449 g/mol. The summed E-state index contributed by atoms with van der Waals surface area (Å²) in [5.74, 6) is 1.58. The molecule has 1 saturated heterocycles. The number of pyridine rings is 1. The fourth-order valence-corrected chi connectivity index (χ4v) is 6.17. The summed E-state index contributed by atoms with van der Waals surface area (Å²) in [4.78, 5) is 7.35.